The van der Waals surface area contributed by atoms with Crippen molar-refractivity contribution in [1.29, 1.82) is 0 Å². The molecule has 3 aromatic rings. The van der Waals surface area contributed by atoms with Crippen molar-refractivity contribution in [3.05, 3.63) is 77.5 Å². The van der Waals surface area contributed by atoms with E-state index in [9.17, 15) is 19.8 Å². The first-order valence-corrected chi connectivity index (χ1v) is 12.4. The van der Waals surface area contributed by atoms with Crippen molar-refractivity contribution in [3.63, 3.8) is 0 Å². The maximum Gasteiger partial charge on any atom is 0.249 e. The van der Waals surface area contributed by atoms with Gasteiger partial charge >= 0.3 is 0 Å². The molecule has 0 saturated carbocycles. The molecule has 194 valence electrons. The van der Waals surface area contributed by atoms with Gasteiger partial charge in [-0.25, -0.2) is 0 Å². The molecular weight excluding hydrogens is 474 g/mol. The number of carbonyl (C=O) groups is 2. The molecule has 0 fully saturated rings. The fourth-order valence-electron chi connectivity index (χ4n) is 5.35. The number of aromatic amines is 1. The highest BCUT2D eigenvalue weighted by molar-refractivity contribution is 5.96. The number of amides is 2. The summed E-state index contributed by atoms with van der Waals surface area (Å²) >= 11 is 0. The maximum atomic E-state index is 13.2. The first-order chi connectivity index (χ1) is 18.0. The lowest BCUT2D eigenvalue weighted by Crippen LogP contribution is -2.56. The number of aliphatic hydroxyl groups is 2. The zero-order valence-electron chi connectivity index (χ0n) is 20.6. The van der Waals surface area contributed by atoms with E-state index in [1.54, 1.807) is 11.0 Å². The Kier molecular flexibility index (Phi) is 7.27. The first-order valence-electron chi connectivity index (χ1n) is 12.4. The van der Waals surface area contributed by atoms with Gasteiger partial charge in [0.1, 0.15) is 24.6 Å². The molecule has 9 nitrogen and oxygen atoms in total. The monoisotopic (exact) mass is 505 g/mol. The summed E-state index contributed by atoms with van der Waals surface area (Å²) < 4.78 is 11.3. The zero-order valence-corrected chi connectivity index (χ0v) is 20.6. The Morgan fingerprint density at radius 2 is 1.95 bits per heavy atom. The zero-order chi connectivity index (χ0) is 25.9. The molecule has 0 bridgehead atoms. The fourth-order valence-corrected chi connectivity index (χ4v) is 5.35. The molecule has 2 aromatic carbocycles. The van der Waals surface area contributed by atoms with Crippen LogP contribution < -0.4 is 10.1 Å². The van der Waals surface area contributed by atoms with Crippen LogP contribution in [0.3, 0.4) is 0 Å². The molecule has 0 radical (unpaired) electrons. The predicted octanol–water partition coefficient (Wildman–Crippen LogP) is 1.51. The second-order valence-electron chi connectivity index (χ2n) is 9.33. The number of hydrogen-bond acceptors (Lipinski definition) is 6. The first kappa shape index (κ1) is 25.0. The number of aromatic nitrogens is 1. The Morgan fingerprint density at radius 1 is 1.16 bits per heavy atom. The van der Waals surface area contributed by atoms with Crippen LogP contribution in [0.15, 0.2) is 66.2 Å². The third-order valence-electron chi connectivity index (χ3n) is 7.03. The number of carbonyl (C=O) groups excluding carboxylic acids is 2. The number of methoxy groups -OCH3 is 1. The summed E-state index contributed by atoms with van der Waals surface area (Å²) in [6.45, 7) is 0.0271. The Morgan fingerprint density at radius 3 is 2.73 bits per heavy atom. The van der Waals surface area contributed by atoms with Crippen LogP contribution in [-0.2, 0) is 20.7 Å². The fraction of sp³-hybridized carbons (Fsp3) is 0.357. The van der Waals surface area contributed by atoms with E-state index in [1.807, 2.05) is 54.6 Å². The minimum absolute atomic E-state index is 0.0932. The van der Waals surface area contributed by atoms with Gasteiger partial charge in [-0.2, -0.15) is 0 Å². The molecule has 0 spiro atoms. The molecule has 5 rings (SSSR count). The summed E-state index contributed by atoms with van der Waals surface area (Å²) in [5.74, 6) is -0.556. The molecule has 1 aliphatic carbocycles. The van der Waals surface area contributed by atoms with Crippen LogP contribution in [0.4, 0.5) is 0 Å². The van der Waals surface area contributed by atoms with Crippen molar-refractivity contribution >= 4 is 22.7 Å². The summed E-state index contributed by atoms with van der Waals surface area (Å²) in [6.07, 6.45) is 0.370. The van der Waals surface area contributed by atoms with Crippen molar-refractivity contribution in [3.8, 4) is 5.75 Å². The van der Waals surface area contributed by atoms with E-state index in [0.717, 1.165) is 22.2 Å². The van der Waals surface area contributed by atoms with E-state index in [1.165, 1.54) is 7.11 Å². The van der Waals surface area contributed by atoms with Gasteiger partial charge in [-0.1, -0.05) is 36.4 Å². The Labute approximate surface area is 214 Å². The minimum atomic E-state index is -1.07. The van der Waals surface area contributed by atoms with Gasteiger partial charge in [0.2, 0.25) is 11.8 Å². The lowest BCUT2D eigenvalue weighted by molar-refractivity contribution is -0.141. The van der Waals surface area contributed by atoms with Gasteiger partial charge in [-0.3, -0.25) is 9.59 Å². The van der Waals surface area contributed by atoms with E-state index in [2.05, 4.69) is 10.3 Å². The minimum Gasteiger partial charge on any atom is -0.486 e. The van der Waals surface area contributed by atoms with E-state index >= 15 is 0 Å². The van der Waals surface area contributed by atoms with Gasteiger partial charge in [0.05, 0.1) is 18.6 Å². The van der Waals surface area contributed by atoms with Crippen molar-refractivity contribution in [2.45, 2.75) is 30.6 Å². The average molecular weight is 506 g/mol. The normalized spacial score (nSPS) is 22.1. The number of fused-ring (bicyclic) bond motifs is 4. The molecule has 9 heteroatoms. The van der Waals surface area contributed by atoms with Gasteiger partial charge in [0.25, 0.3) is 0 Å². The molecule has 2 aliphatic rings. The van der Waals surface area contributed by atoms with E-state index < -0.39 is 24.2 Å². The molecular formula is C28H31N3O6. The third kappa shape index (κ3) is 4.85. The molecule has 2 heterocycles. The highest BCUT2D eigenvalue weighted by Gasteiger charge is 2.50. The largest absolute Gasteiger partial charge is 0.486 e. The molecule has 0 saturated heterocycles. The number of ether oxygens (including phenoxy) is 2. The van der Waals surface area contributed by atoms with E-state index in [4.69, 9.17) is 9.47 Å². The summed E-state index contributed by atoms with van der Waals surface area (Å²) in [5.41, 5.74) is 3.17. The molecule has 1 aliphatic heterocycles. The summed E-state index contributed by atoms with van der Waals surface area (Å²) in [6, 6.07) is 16.6. The van der Waals surface area contributed by atoms with Crippen molar-refractivity contribution in [2.75, 3.05) is 33.4 Å². The molecule has 1 aromatic heterocycles. The van der Waals surface area contributed by atoms with Crippen LogP contribution >= 0.6 is 0 Å². The Hall–Kier alpha value is -3.66. The summed E-state index contributed by atoms with van der Waals surface area (Å²) in [7, 11) is 1.45. The van der Waals surface area contributed by atoms with Gasteiger partial charge in [-0.05, 0) is 29.7 Å². The van der Waals surface area contributed by atoms with E-state index in [-0.39, 0.29) is 31.6 Å². The maximum absolute atomic E-state index is 13.2. The van der Waals surface area contributed by atoms with Crippen LogP contribution in [0.25, 0.3) is 10.9 Å². The van der Waals surface area contributed by atoms with Crippen LogP contribution in [0, 0.1) is 0 Å². The lowest BCUT2D eigenvalue weighted by atomic mass is 9.77. The summed E-state index contributed by atoms with van der Waals surface area (Å²) in [5, 5.41) is 24.5. The summed E-state index contributed by atoms with van der Waals surface area (Å²) in [4.78, 5) is 31.3. The van der Waals surface area contributed by atoms with Crippen molar-refractivity contribution in [2.24, 2.45) is 0 Å². The highest BCUT2D eigenvalue weighted by Crippen LogP contribution is 2.47. The highest BCUT2D eigenvalue weighted by atomic mass is 16.5. The van der Waals surface area contributed by atoms with E-state index in [0.29, 0.717) is 24.3 Å². The number of nitrogens with zero attached hydrogens (tertiary/aromatic N) is 1. The second kappa shape index (κ2) is 10.8. The average Bonchev–Trinajstić information content (AvgIpc) is 3.50. The SMILES string of the molecule is COCC(=O)N(CCc1cc2ccccc2[nH]1)C1C=C(C(=O)NCCO)C2c3ccccc3OC2C1O. The quantitative estimate of drug-likeness (QED) is 0.350. The van der Waals surface area contributed by atoms with Crippen LogP contribution in [-0.4, -0.2) is 83.6 Å². The number of nitrogens with one attached hydrogen (secondary N) is 2. The Balaban J connectivity index is 1.48. The number of para-hydroxylation sites is 2. The molecule has 4 atom stereocenters. The van der Waals surface area contributed by atoms with Gasteiger partial charge < -0.3 is 34.9 Å². The van der Waals surface area contributed by atoms with Crippen LogP contribution in [0.2, 0.25) is 0 Å². The molecule has 4 N–H and O–H groups in total. The van der Waals surface area contributed by atoms with Gasteiger partial charge in [0.15, 0.2) is 0 Å². The van der Waals surface area contributed by atoms with Gasteiger partial charge in [0, 0.05) is 49.0 Å². The molecule has 37 heavy (non-hydrogen) atoms. The number of hydrogen-bond donors (Lipinski definition) is 4. The number of rotatable bonds is 9. The van der Waals surface area contributed by atoms with Crippen molar-refractivity contribution < 1.29 is 29.3 Å². The van der Waals surface area contributed by atoms with Crippen LogP contribution in [0.1, 0.15) is 17.2 Å². The smallest absolute Gasteiger partial charge is 0.249 e. The topological polar surface area (TPSA) is 124 Å². The number of H-pyrrole nitrogens is 1. The van der Waals surface area contributed by atoms with Gasteiger partial charge in [-0.15, -0.1) is 0 Å². The third-order valence-corrected chi connectivity index (χ3v) is 7.03. The standard InChI is InChI=1S/C28H31N3O6/c1-36-16-24(33)31(12-10-18-14-17-6-2-4-8-21(17)30-18)22-15-20(28(35)29-11-13-32)25-19-7-3-5-9-23(19)37-27(25)26(22)34/h2-9,14-15,22,25-27,30,32,34H,10-13,16H2,1H3,(H,29,35). The number of benzene rings is 2. The Bertz CT molecular complexity index is 1280. The van der Waals surface area contributed by atoms with Crippen LogP contribution in [0.5, 0.6) is 5.75 Å². The number of aliphatic hydroxyl groups excluding tert-OH is 2. The lowest BCUT2D eigenvalue weighted by Gasteiger charge is -2.40. The second-order valence-corrected chi connectivity index (χ2v) is 9.33. The predicted molar refractivity (Wildman–Crippen MR) is 137 cm³/mol. The molecule has 4 unspecified atom stereocenters. The van der Waals surface area contributed by atoms with Crippen molar-refractivity contribution in [1.82, 2.24) is 15.2 Å². The molecule has 2 amide bonds.